The van der Waals surface area contributed by atoms with Crippen LogP contribution in [0.4, 0.5) is 0 Å². The predicted molar refractivity (Wildman–Crippen MR) is 137 cm³/mol. The SMILES string of the molecule is c1cc2cc3cc4c(cc3cc2[se]1)[te]c1c2cc3cc5cc[se]c5cc3cc2[te]c41. The molecule has 4 aromatic heterocycles. The summed E-state index contributed by atoms with van der Waals surface area (Å²) in [4.78, 5) is 4.72. The molecule has 0 aliphatic heterocycles. The molecule has 8 rings (SSSR count). The molecule has 0 unspecified atom stereocenters. The molecular weight excluding hydrogens is 725 g/mol. The molecule has 0 bridgehead atoms. The van der Waals surface area contributed by atoms with Gasteiger partial charge in [-0.2, -0.15) is 0 Å². The monoisotopic (exact) mass is 744 g/mol. The molecular formula is C26H12Se2Te2. The van der Waals surface area contributed by atoms with Gasteiger partial charge in [0.05, 0.1) is 0 Å². The van der Waals surface area contributed by atoms with E-state index >= 15 is 0 Å². The van der Waals surface area contributed by atoms with Crippen LogP contribution in [0.5, 0.6) is 0 Å². The second-order valence-corrected chi connectivity index (χ2v) is 17.9. The maximum absolute atomic E-state index is 2.55. The number of fused-ring (bicyclic) bond motifs is 9. The van der Waals surface area contributed by atoms with Crippen LogP contribution in [0, 0.1) is 0 Å². The molecule has 4 aromatic carbocycles. The van der Waals surface area contributed by atoms with Gasteiger partial charge in [0.15, 0.2) is 0 Å². The van der Waals surface area contributed by atoms with E-state index in [1.54, 1.807) is 32.9 Å². The van der Waals surface area contributed by atoms with Gasteiger partial charge >= 0.3 is 206 Å². The van der Waals surface area contributed by atoms with E-state index in [1.807, 2.05) is 0 Å². The first-order valence-corrected chi connectivity index (χ1v) is 18.2. The average molecular weight is 738 g/mol. The molecule has 0 fully saturated rings. The van der Waals surface area contributed by atoms with Gasteiger partial charge in [-0.1, -0.05) is 0 Å². The number of hydrogen-bond donors (Lipinski definition) is 0. The zero-order chi connectivity index (χ0) is 19.4. The van der Waals surface area contributed by atoms with Crippen molar-refractivity contribution in [1.29, 1.82) is 0 Å². The quantitative estimate of drug-likeness (QED) is 0.168. The Bertz CT molecular complexity index is 1820. The molecule has 0 saturated heterocycles. The molecule has 4 heterocycles. The Morgan fingerprint density at radius 2 is 0.933 bits per heavy atom. The van der Waals surface area contributed by atoms with Gasteiger partial charge in [0.1, 0.15) is 0 Å². The number of hydrogen-bond acceptors (Lipinski definition) is 0. The topological polar surface area (TPSA) is 0 Å². The van der Waals surface area contributed by atoms with Gasteiger partial charge < -0.3 is 0 Å². The van der Waals surface area contributed by atoms with Gasteiger partial charge in [-0.25, -0.2) is 0 Å². The van der Waals surface area contributed by atoms with Crippen LogP contribution in [0.15, 0.2) is 70.5 Å². The van der Waals surface area contributed by atoms with Crippen molar-refractivity contribution >= 4 is 135 Å². The zero-order valence-corrected chi connectivity index (χ0v) is 23.6. The van der Waals surface area contributed by atoms with Crippen LogP contribution in [0.2, 0.25) is 0 Å². The summed E-state index contributed by atoms with van der Waals surface area (Å²) in [6, 6.07) is 24.6. The first kappa shape index (κ1) is 17.8. The molecule has 0 radical (unpaired) electrons. The molecule has 0 nitrogen and oxygen atoms in total. The number of rotatable bonds is 0. The molecule has 0 spiro atoms. The van der Waals surface area contributed by atoms with E-state index < -0.39 is 0 Å². The van der Waals surface area contributed by atoms with E-state index in [-0.39, 0.29) is 40.9 Å². The van der Waals surface area contributed by atoms with Crippen LogP contribution in [-0.4, -0.2) is 69.9 Å². The normalized spacial score (nSPS) is 12.7. The molecule has 0 N–H and O–H groups in total. The summed E-state index contributed by atoms with van der Waals surface area (Å²) in [5, 5.41) is 11.9. The second kappa shape index (κ2) is 6.39. The molecule has 0 aliphatic rings. The Kier molecular flexibility index (Phi) is 3.78. The van der Waals surface area contributed by atoms with E-state index in [4.69, 9.17) is 0 Å². The van der Waals surface area contributed by atoms with E-state index in [1.165, 1.54) is 32.3 Å². The van der Waals surface area contributed by atoms with Crippen LogP contribution >= 0.6 is 0 Å². The van der Waals surface area contributed by atoms with Crippen molar-refractivity contribution in [2.75, 3.05) is 0 Å². The van der Waals surface area contributed by atoms with Crippen molar-refractivity contribution in [3.8, 4) is 0 Å². The third-order valence-corrected chi connectivity index (χ3v) is 17.9. The van der Waals surface area contributed by atoms with Crippen molar-refractivity contribution in [1.82, 2.24) is 0 Å². The predicted octanol–water partition coefficient (Wildman–Crippen LogP) is 5.99. The average Bonchev–Trinajstić information content (AvgIpc) is 3.51. The summed E-state index contributed by atoms with van der Waals surface area (Å²) < 4.78 is 10.0. The van der Waals surface area contributed by atoms with Gasteiger partial charge in [-0.3, -0.25) is 0 Å². The summed E-state index contributed by atoms with van der Waals surface area (Å²) in [7, 11) is 0. The Morgan fingerprint density at radius 1 is 0.467 bits per heavy atom. The Balaban J connectivity index is 1.49. The van der Waals surface area contributed by atoms with Crippen LogP contribution in [-0.2, 0) is 0 Å². The van der Waals surface area contributed by atoms with Crippen LogP contribution in [0.3, 0.4) is 0 Å². The summed E-state index contributed by atoms with van der Waals surface area (Å²) in [5.41, 5.74) is 0. The molecule has 30 heavy (non-hydrogen) atoms. The van der Waals surface area contributed by atoms with Crippen molar-refractivity contribution < 1.29 is 0 Å². The molecule has 140 valence electrons. The first-order chi connectivity index (χ1) is 14.8. The van der Waals surface area contributed by atoms with E-state index in [0.29, 0.717) is 29.0 Å². The third-order valence-electron chi connectivity index (χ3n) is 6.14. The summed E-state index contributed by atoms with van der Waals surface area (Å²) in [6.07, 6.45) is 0. The zero-order valence-electron chi connectivity index (χ0n) is 15.6. The molecule has 0 saturated carbocycles. The standard InChI is InChI=1S/C26H12Se2Te2/c1-3-27-21-9-17-11-23-19(7-15(17)5-13(1)21)25-26(29-23)20-8-16-6-14-2-4-28-22(14)10-18(16)12-24(20)30-25/h1-12H. The van der Waals surface area contributed by atoms with E-state index in [2.05, 4.69) is 70.5 Å². The van der Waals surface area contributed by atoms with Crippen molar-refractivity contribution in [2.24, 2.45) is 0 Å². The Morgan fingerprint density at radius 3 is 1.43 bits per heavy atom. The fraction of sp³-hybridized carbons (Fsp3) is 0. The summed E-state index contributed by atoms with van der Waals surface area (Å²) in [5.74, 6) is 0. The van der Waals surface area contributed by atoms with E-state index in [9.17, 15) is 0 Å². The molecule has 0 atom stereocenters. The van der Waals surface area contributed by atoms with E-state index in [0.717, 1.165) is 0 Å². The third kappa shape index (κ3) is 2.46. The Hall–Kier alpha value is -0.762. The molecule has 0 aliphatic carbocycles. The Labute approximate surface area is 203 Å². The minimum atomic E-state index is -0.279. The fourth-order valence-corrected chi connectivity index (χ4v) is 17.6. The van der Waals surface area contributed by atoms with Gasteiger partial charge in [0, 0.05) is 0 Å². The molecule has 8 aromatic rings. The summed E-state index contributed by atoms with van der Waals surface area (Å²) in [6.45, 7) is 0. The van der Waals surface area contributed by atoms with Gasteiger partial charge in [-0.15, -0.1) is 0 Å². The van der Waals surface area contributed by atoms with Gasteiger partial charge in [0.25, 0.3) is 0 Å². The molecule has 0 amide bonds. The summed E-state index contributed by atoms with van der Waals surface area (Å²) >= 11 is 0.502. The van der Waals surface area contributed by atoms with Crippen LogP contribution in [0.25, 0.3) is 65.2 Å². The van der Waals surface area contributed by atoms with Crippen LogP contribution in [0.1, 0.15) is 0 Å². The van der Waals surface area contributed by atoms with Gasteiger partial charge in [0.2, 0.25) is 0 Å². The van der Waals surface area contributed by atoms with Crippen LogP contribution < -0.4 is 0 Å². The van der Waals surface area contributed by atoms with Gasteiger partial charge in [-0.05, 0) is 0 Å². The second-order valence-electron chi connectivity index (χ2n) is 7.87. The number of benzene rings is 4. The van der Waals surface area contributed by atoms with Crippen molar-refractivity contribution in [3.05, 3.63) is 70.5 Å². The van der Waals surface area contributed by atoms with Crippen molar-refractivity contribution in [3.63, 3.8) is 0 Å². The minimum absolute atomic E-state index is 0.279. The maximum atomic E-state index is 2.55. The molecule has 4 heteroatoms. The first-order valence-electron chi connectivity index (χ1n) is 9.81. The fourth-order valence-electron chi connectivity index (χ4n) is 4.67. The van der Waals surface area contributed by atoms with Crippen molar-refractivity contribution in [2.45, 2.75) is 0 Å².